The number of nitrogens with zero attached hydrogens (tertiary/aromatic N) is 3. The quantitative estimate of drug-likeness (QED) is 0.670. The van der Waals surface area contributed by atoms with Crippen LogP contribution in [-0.4, -0.2) is 25.7 Å². The Hall–Kier alpha value is -1.39. The van der Waals surface area contributed by atoms with Gasteiger partial charge < -0.3 is 9.67 Å². The van der Waals surface area contributed by atoms with E-state index in [2.05, 4.69) is 20.6 Å². The summed E-state index contributed by atoms with van der Waals surface area (Å²) in [5, 5.41) is 11.0. The zero-order valence-electron chi connectivity index (χ0n) is 10.0. The van der Waals surface area contributed by atoms with Crippen LogP contribution in [0.15, 0.2) is 30.2 Å². The normalized spacial score (nSPS) is 21.3. The second kappa shape index (κ2) is 4.37. The zero-order valence-corrected chi connectivity index (χ0v) is 10.8. The van der Waals surface area contributed by atoms with Gasteiger partial charge in [0.05, 0.1) is 17.5 Å². The van der Waals surface area contributed by atoms with Crippen LogP contribution in [0, 0.1) is 0 Å². The fourth-order valence-corrected chi connectivity index (χ4v) is 2.69. The van der Waals surface area contributed by atoms with Crippen LogP contribution in [0.4, 0.5) is 0 Å². The summed E-state index contributed by atoms with van der Waals surface area (Å²) in [6.45, 7) is 1.81. The van der Waals surface area contributed by atoms with E-state index in [0.29, 0.717) is 5.15 Å². The number of aliphatic hydroxyl groups is 1. The first-order chi connectivity index (χ1) is 8.66. The zero-order chi connectivity index (χ0) is 12.7. The van der Waals surface area contributed by atoms with Gasteiger partial charge in [0.15, 0.2) is 0 Å². The molecule has 0 aliphatic heterocycles. The first kappa shape index (κ1) is 11.7. The molecule has 3 rings (SSSR count). The lowest BCUT2D eigenvalue weighted by molar-refractivity contribution is 0.228. The molecule has 2 atom stereocenters. The highest BCUT2D eigenvalue weighted by atomic mass is 35.5. The van der Waals surface area contributed by atoms with Crippen molar-refractivity contribution in [1.29, 1.82) is 0 Å². The Labute approximate surface area is 110 Å². The van der Waals surface area contributed by atoms with Crippen molar-refractivity contribution in [2.75, 3.05) is 0 Å². The van der Waals surface area contributed by atoms with Gasteiger partial charge in [0.1, 0.15) is 17.1 Å². The Morgan fingerprint density at radius 3 is 3.06 bits per heavy atom. The molecular formula is C13H14ClN3O. The number of hydrogen-bond acceptors (Lipinski definition) is 3. The van der Waals surface area contributed by atoms with Crippen LogP contribution in [0.5, 0.6) is 0 Å². The van der Waals surface area contributed by atoms with Crippen molar-refractivity contribution >= 4 is 22.6 Å². The van der Waals surface area contributed by atoms with Gasteiger partial charge in [-0.2, -0.15) is 0 Å². The number of aromatic nitrogens is 3. The molecule has 0 saturated heterocycles. The molecule has 0 bridgehead atoms. The van der Waals surface area contributed by atoms with Crippen molar-refractivity contribution in [3.05, 3.63) is 35.4 Å². The van der Waals surface area contributed by atoms with Gasteiger partial charge in [-0.05, 0) is 31.4 Å². The number of aliphatic hydroxyl groups excluding tert-OH is 1. The van der Waals surface area contributed by atoms with Gasteiger partial charge >= 0.3 is 0 Å². The van der Waals surface area contributed by atoms with Gasteiger partial charge in [0.25, 0.3) is 0 Å². The minimum atomic E-state index is -0.366. The molecule has 2 aromatic rings. The highest BCUT2D eigenvalue weighted by Crippen LogP contribution is 2.33. The topological polar surface area (TPSA) is 50.9 Å². The first-order valence-electron chi connectivity index (χ1n) is 6.02. The van der Waals surface area contributed by atoms with Crippen molar-refractivity contribution in [3.8, 4) is 0 Å². The van der Waals surface area contributed by atoms with Gasteiger partial charge in [-0.15, -0.1) is 0 Å². The maximum Gasteiger partial charge on any atom is 0.145 e. The van der Waals surface area contributed by atoms with Crippen LogP contribution in [-0.2, 0) is 0 Å². The van der Waals surface area contributed by atoms with Crippen molar-refractivity contribution in [2.24, 2.45) is 0 Å². The van der Waals surface area contributed by atoms with Crippen LogP contribution in [0.2, 0.25) is 5.15 Å². The Kier molecular flexibility index (Phi) is 2.84. The largest absolute Gasteiger partial charge is 0.389 e. The fraction of sp³-hybridized carbons (Fsp3) is 0.385. The highest BCUT2D eigenvalue weighted by molar-refractivity contribution is 6.33. The molecule has 1 N–H and O–H groups in total. The van der Waals surface area contributed by atoms with E-state index < -0.39 is 0 Å². The van der Waals surface area contributed by atoms with Crippen molar-refractivity contribution in [3.63, 3.8) is 0 Å². The molecule has 0 fully saturated rings. The average Bonchev–Trinajstić information content (AvgIpc) is 2.94. The predicted molar refractivity (Wildman–Crippen MR) is 70.6 cm³/mol. The Balaban J connectivity index is 2.04. The van der Waals surface area contributed by atoms with Gasteiger partial charge in [-0.25, -0.2) is 9.97 Å². The van der Waals surface area contributed by atoms with E-state index in [1.54, 1.807) is 6.92 Å². The van der Waals surface area contributed by atoms with E-state index in [1.165, 1.54) is 6.33 Å². The lowest BCUT2D eigenvalue weighted by atomic mass is 10.1. The number of hydrogen-bond donors (Lipinski definition) is 1. The van der Waals surface area contributed by atoms with E-state index >= 15 is 0 Å². The van der Waals surface area contributed by atoms with E-state index in [4.69, 9.17) is 11.6 Å². The van der Waals surface area contributed by atoms with E-state index in [-0.39, 0.29) is 12.1 Å². The maximum absolute atomic E-state index is 9.60. The molecule has 5 heteroatoms. The molecule has 0 amide bonds. The van der Waals surface area contributed by atoms with Crippen molar-refractivity contribution in [2.45, 2.75) is 31.9 Å². The van der Waals surface area contributed by atoms with Crippen LogP contribution in [0.3, 0.4) is 0 Å². The van der Waals surface area contributed by atoms with Crippen LogP contribution in [0.1, 0.15) is 25.8 Å². The van der Waals surface area contributed by atoms with Gasteiger partial charge in [-0.1, -0.05) is 17.7 Å². The molecule has 0 radical (unpaired) electrons. The van der Waals surface area contributed by atoms with E-state index in [1.807, 2.05) is 12.3 Å². The summed E-state index contributed by atoms with van der Waals surface area (Å²) in [6, 6.07) is 2.18. The second-order valence-corrected chi connectivity index (χ2v) is 5.01. The molecule has 2 aromatic heterocycles. The summed E-state index contributed by atoms with van der Waals surface area (Å²) in [5.74, 6) is 0. The molecule has 0 spiro atoms. The molecule has 4 nitrogen and oxygen atoms in total. The average molecular weight is 264 g/mol. The van der Waals surface area contributed by atoms with Crippen molar-refractivity contribution in [1.82, 2.24) is 14.5 Å². The molecule has 2 unspecified atom stereocenters. The minimum Gasteiger partial charge on any atom is -0.389 e. The molecular weight excluding hydrogens is 250 g/mol. The molecule has 2 heterocycles. The summed E-state index contributed by atoms with van der Waals surface area (Å²) in [4.78, 5) is 8.27. The SMILES string of the molecule is CC(O)C1=CC(n2ccc3c(Cl)ncnc32)CC1. The lowest BCUT2D eigenvalue weighted by Crippen LogP contribution is -2.03. The van der Waals surface area contributed by atoms with E-state index in [0.717, 1.165) is 29.4 Å². The number of halogens is 1. The summed E-state index contributed by atoms with van der Waals surface area (Å²) >= 11 is 6.04. The summed E-state index contributed by atoms with van der Waals surface area (Å²) in [7, 11) is 0. The second-order valence-electron chi connectivity index (χ2n) is 4.65. The first-order valence-corrected chi connectivity index (χ1v) is 6.40. The van der Waals surface area contributed by atoms with Crippen molar-refractivity contribution < 1.29 is 5.11 Å². The standard InChI is InChI=1S/C13H14ClN3O/c1-8(18)9-2-3-10(6-9)17-5-4-11-12(14)15-7-16-13(11)17/h4-8,10,18H,2-3H2,1H3. The molecule has 1 aliphatic carbocycles. The van der Waals surface area contributed by atoms with Crippen LogP contribution < -0.4 is 0 Å². The van der Waals surface area contributed by atoms with Crippen LogP contribution >= 0.6 is 11.6 Å². The highest BCUT2D eigenvalue weighted by Gasteiger charge is 2.21. The fourth-order valence-electron chi connectivity index (χ4n) is 2.50. The number of allylic oxidation sites excluding steroid dienone is 1. The summed E-state index contributed by atoms with van der Waals surface area (Å²) in [5.41, 5.74) is 1.95. The predicted octanol–water partition coefficient (Wildman–Crippen LogP) is 2.73. The van der Waals surface area contributed by atoms with Crippen LogP contribution in [0.25, 0.3) is 11.0 Å². The smallest absolute Gasteiger partial charge is 0.145 e. The van der Waals surface area contributed by atoms with Gasteiger partial charge in [0, 0.05) is 6.20 Å². The Morgan fingerprint density at radius 1 is 1.50 bits per heavy atom. The molecule has 94 valence electrons. The van der Waals surface area contributed by atoms with Gasteiger partial charge in [-0.3, -0.25) is 0 Å². The third-order valence-corrected chi connectivity index (χ3v) is 3.79. The number of rotatable bonds is 2. The lowest BCUT2D eigenvalue weighted by Gasteiger charge is -2.10. The number of fused-ring (bicyclic) bond motifs is 1. The Bertz CT molecular complexity index is 618. The third-order valence-electron chi connectivity index (χ3n) is 3.49. The third kappa shape index (κ3) is 1.82. The molecule has 0 saturated carbocycles. The van der Waals surface area contributed by atoms with Gasteiger partial charge in [0.2, 0.25) is 0 Å². The Morgan fingerprint density at radius 2 is 2.33 bits per heavy atom. The van der Waals surface area contributed by atoms with E-state index in [9.17, 15) is 5.11 Å². The maximum atomic E-state index is 9.60. The molecule has 18 heavy (non-hydrogen) atoms. The molecule has 1 aliphatic rings. The summed E-state index contributed by atoms with van der Waals surface area (Å²) < 4.78 is 2.10. The minimum absolute atomic E-state index is 0.248. The molecule has 0 aromatic carbocycles. The summed E-state index contributed by atoms with van der Waals surface area (Å²) in [6.07, 6.45) is 7.15. The monoisotopic (exact) mass is 263 g/mol.